The molecule has 0 radical (unpaired) electrons. The first-order valence-electron chi connectivity index (χ1n) is 11.4. The molecule has 0 spiro atoms. The fourth-order valence-electron chi connectivity index (χ4n) is 4.65. The van der Waals surface area contributed by atoms with Crippen LogP contribution >= 0.6 is 0 Å². The molecule has 2 rings (SSSR count). The van der Waals surface area contributed by atoms with Crippen LogP contribution in [0.5, 0.6) is 0 Å². The predicted octanol–water partition coefficient (Wildman–Crippen LogP) is 4.27. The molecule has 0 saturated heterocycles. The monoisotopic (exact) mass is 397 g/mol. The molecular formula is C23H41O5-. The average molecular weight is 398 g/mol. The van der Waals surface area contributed by atoms with Crippen molar-refractivity contribution in [3.05, 3.63) is 0 Å². The van der Waals surface area contributed by atoms with Gasteiger partial charge in [-0.15, -0.1) is 0 Å². The number of carboxylic acid groups (broad SMARTS) is 1. The second kappa shape index (κ2) is 15.8. The van der Waals surface area contributed by atoms with E-state index in [4.69, 9.17) is 9.47 Å². The van der Waals surface area contributed by atoms with Gasteiger partial charge < -0.3 is 19.4 Å². The molecule has 164 valence electrons. The van der Waals surface area contributed by atoms with Crippen molar-refractivity contribution in [2.24, 2.45) is 17.8 Å². The Morgan fingerprint density at radius 1 is 0.893 bits per heavy atom. The largest absolute Gasteiger partial charge is 0.550 e. The first kappa shape index (κ1) is 24.9. The molecule has 28 heavy (non-hydrogen) atoms. The summed E-state index contributed by atoms with van der Waals surface area (Å²) in [4.78, 5) is 21.3. The van der Waals surface area contributed by atoms with Gasteiger partial charge in [-0.05, 0) is 49.9 Å². The zero-order chi connectivity index (χ0) is 20.6. The van der Waals surface area contributed by atoms with E-state index < -0.39 is 11.9 Å². The number of carbonyl (C=O) groups is 2. The van der Waals surface area contributed by atoms with Gasteiger partial charge in [0.2, 0.25) is 0 Å². The molecule has 0 N–H and O–H groups in total. The smallest absolute Gasteiger partial charge is 0.306 e. The fraction of sp³-hybridized carbons (Fsp3) is 0.913. The van der Waals surface area contributed by atoms with E-state index in [0.29, 0.717) is 6.61 Å². The van der Waals surface area contributed by atoms with Crippen LogP contribution in [0.15, 0.2) is 0 Å². The zero-order valence-electron chi connectivity index (χ0n) is 18.1. The van der Waals surface area contributed by atoms with Gasteiger partial charge >= 0.3 is 5.97 Å². The molecule has 0 bridgehead atoms. The van der Waals surface area contributed by atoms with Gasteiger partial charge in [-0.3, -0.25) is 4.79 Å². The van der Waals surface area contributed by atoms with E-state index in [0.717, 1.165) is 37.2 Å². The Balaban J connectivity index is 0.000000330. The molecule has 0 aromatic heterocycles. The van der Waals surface area contributed by atoms with Crippen molar-refractivity contribution in [1.82, 2.24) is 0 Å². The second-order valence-corrected chi connectivity index (χ2v) is 8.38. The Morgan fingerprint density at radius 2 is 1.57 bits per heavy atom. The fourth-order valence-corrected chi connectivity index (χ4v) is 4.65. The summed E-state index contributed by atoms with van der Waals surface area (Å²) in [5.74, 6) is 1.03. The van der Waals surface area contributed by atoms with E-state index in [1.807, 2.05) is 0 Å². The first-order valence-corrected chi connectivity index (χ1v) is 11.4. The van der Waals surface area contributed by atoms with Crippen LogP contribution in [0.3, 0.4) is 0 Å². The third-order valence-corrected chi connectivity index (χ3v) is 6.29. The molecule has 0 aromatic rings. The molecule has 2 aliphatic rings. The van der Waals surface area contributed by atoms with E-state index in [-0.39, 0.29) is 12.8 Å². The van der Waals surface area contributed by atoms with Crippen LogP contribution in [0.4, 0.5) is 0 Å². The summed E-state index contributed by atoms with van der Waals surface area (Å²) in [5, 5.41) is 10.2. The number of carboxylic acids is 1. The molecule has 0 aromatic carbocycles. The lowest BCUT2D eigenvalue weighted by molar-refractivity contribution is -0.305. The van der Waals surface area contributed by atoms with Crippen molar-refractivity contribution in [3.8, 4) is 0 Å². The van der Waals surface area contributed by atoms with Crippen LogP contribution in [-0.4, -0.2) is 32.3 Å². The van der Waals surface area contributed by atoms with Gasteiger partial charge in [-0.2, -0.15) is 0 Å². The SMILES string of the molecule is CCC1CCCC1CCCOC(=O)CCC(=O)[O-].COCCCC1CCCC1. The Labute approximate surface area is 171 Å². The summed E-state index contributed by atoms with van der Waals surface area (Å²) in [6.45, 7) is 3.61. The highest BCUT2D eigenvalue weighted by Gasteiger charge is 2.24. The number of methoxy groups -OCH3 is 1. The zero-order valence-corrected chi connectivity index (χ0v) is 18.1. The minimum atomic E-state index is -1.20. The van der Waals surface area contributed by atoms with Crippen LogP contribution in [0, 0.1) is 17.8 Å². The highest BCUT2D eigenvalue weighted by atomic mass is 16.5. The number of esters is 1. The van der Waals surface area contributed by atoms with E-state index in [1.165, 1.54) is 64.2 Å². The topological polar surface area (TPSA) is 75.7 Å². The Hall–Kier alpha value is -1.10. The maximum atomic E-state index is 11.2. The summed E-state index contributed by atoms with van der Waals surface area (Å²) in [5.41, 5.74) is 0. The number of ether oxygens (including phenoxy) is 2. The highest BCUT2D eigenvalue weighted by molar-refractivity contribution is 5.75. The molecule has 2 aliphatic carbocycles. The van der Waals surface area contributed by atoms with E-state index >= 15 is 0 Å². The maximum absolute atomic E-state index is 11.2. The Bertz CT molecular complexity index is 417. The molecule has 5 nitrogen and oxygen atoms in total. The molecule has 2 atom stereocenters. The minimum absolute atomic E-state index is 0.0800. The van der Waals surface area contributed by atoms with Crippen LogP contribution in [-0.2, 0) is 19.1 Å². The van der Waals surface area contributed by atoms with Crippen molar-refractivity contribution in [3.63, 3.8) is 0 Å². The number of rotatable bonds is 12. The quantitative estimate of drug-likeness (QED) is 0.363. The van der Waals surface area contributed by atoms with Crippen LogP contribution in [0.25, 0.3) is 0 Å². The van der Waals surface area contributed by atoms with Crippen molar-refractivity contribution in [2.45, 2.75) is 96.8 Å². The second-order valence-electron chi connectivity index (χ2n) is 8.38. The lowest BCUT2D eigenvalue weighted by Gasteiger charge is -2.17. The normalized spacial score (nSPS) is 21.9. The molecule has 2 unspecified atom stereocenters. The Morgan fingerprint density at radius 3 is 2.21 bits per heavy atom. The highest BCUT2D eigenvalue weighted by Crippen LogP contribution is 2.36. The first-order chi connectivity index (χ1) is 13.6. The predicted molar refractivity (Wildman–Crippen MR) is 109 cm³/mol. The lowest BCUT2D eigenvalue weighted by Crippen LogP contribution is -2.23. The molecule has 0 heterocycles. The standard InChI is InChI=1S/C14H24O4.C9H18O/c1-2-11-5-3-6-12(11)7-4-10-18-14(17)9-8-13(15)16;1-10-8-4-7-9-5-2-3-6-9/h11-12H,2-10H2,1H3,(H,15,16);9H,2-8H2,1H3/p-1. The van der Waals surface area contributed by atoms with Gasteiger partial charge in [-0.25, -0.2) is 0 Å². The van der Waals surface area contributed by atoms with Gasteiger partial charge in [0.15, 0.2) is 0 Å². The number of hydrogen-bond donors (Lipinski definition) is 0. The Kier molecular flexibility index (Phi) is 14.1. The van der Waals surface area contributed by atoms with Gasteiger partial charge in [0, 0.05) is 19.7 Å². The summed E-state index contributed by atoms with van der Waals surface area (Å²) in [6.07, 6.45) is 15.4. The molecule has 5 heteroatoms. The van der Waals surface area contributed by atoms with Crippen LogP contribution < -0.4 is 5.11 Å². The summed E-state index contributed by atoms with van der Waals surface area (Å²) >= 11 is 0. The van der Waals surface area contributed by atoms with E-state index in [2.05, 4.69) is 6.92 Å². The van der Waals surface area contributed by atoms with Gasteiger partial charge in [0.25, 0.3) is 0 Å². The van der Waals surface area contributed by atoms with Crippen LogP contribution in [0.1, 0.15) is 96.8 Å². The average Bonchev–Trinajstić information content (AvgIpc) is 3.36. The van der Waals surface area contributed by atoms with Crippen molar-refractivity contribution < 1.29 is 24.2 Å². The van der Waals surface area contributed by atoms with Crippen molar-refractivity contribution >= 4 is 11.9 Å². The third-order valence-electron chi connectivity index (χ3n) is 6.29. The van der Waals surface area contributed by atoms with Gasteiger partial charge in [0.05, 0.1) is 13.0 Å². The molecule has 2 fully saturated rings. The van der Waals surface area contributed by atoms with Crippen LogP contribution in [0.2, 0.25) is 0 Å². The maximum Gasteiger partial charge on any atom is 0.306 e. The van der Waals surface area contributed by atoms with Gasteiger partial charge in [0.1, 0.15) is 0 Å². The summed E-state index contributed by atoms with van der Waals surface area (Å²) < 4.78 is 9.99. The molecular weight excluding hydrogens is 356 g/mol. The van der Waals surface area contributed by atoms with Crippen molar-refractivity contribution in [2.75, 3.05) is 20.3 Å². The minimum Gasteiger partial charge on any atom is -0.550 e. The number of hydrogen-bond acceptors (Lipinski definition) is 5. The van der Waals surface area contributed by atoms with E-state index in [1.54, 1.807) is 7.11 Å². The summed E-state index contributed by atoms with van der Waals surface area (Å²) in [6, 6.07) is 0. The summed E-state index contributed by atoms with van der Waals surface area (Å²) in [7, 11) is 1.79. The lowest BCUT2D eigenvalue weighted by atomic mass is 9.90. The van der Waals surface area contributed by atoms with E-state index in [9.17, 15) is 14.7 Å². The van der Waals surface area contributed by atoms with Gasteiger partial charge in [-0.1, -0.05) is 58.3 Å². The molecule has 0 amide bonds. The van der Waals surface area contributed by atoms with Crippen molar-refractivity contribution in [1.29, 1.82) is 0 Å². The molecule has 0 aliphatic heterocycles. The molecule has 2 saturated carbocycles. The number of aliphatic carboxylic acids is 1. The third kappa shape index (κ3) is 11.7. The number of carbonyl (C=O) groups excluding carboxylic acids is 2.